The molecular formula is C25H34FN5O3S. The van der Waals surface area contributed by atoms with Crippen LogP contribution < -0.4 is 21.9 Å². The van der Waals surface area contributed by atoms with Gasteiger partial charge in [0.25, 0.3) is 5.56 Å². The van der Waals surface area contributed by atoms with E-state index in [2.05, 4.69) is 15.6 Å². The smallest absolute Gasteiger partial charge is 0.333 e. The van der Waals surface area contributed by atoms with Gasteiger partial charge >= 0.3 is 5.69 Å². The molecule has 1 atom stereocenters. The van der Waals surface area contributed by atoms with E-state index in [0.717, 1.165) is 56.5 Å². The SMILES string of the molecule is O=C(CC1CCCNC1)NC1CCC(n2c(=O)c3cc(F)cnc3n(C3CCSCC3)c2=O)CC1. The number of halogens is 1. The van der Waals surface area contributed by atoms with E-state index >= 15 is 0 Å². The molecule has 3 fully saturated rings. The van der Waals surface area contributed by atoms with E-state index in [9.17, 15) is 18.8 Å². The van der Waals surface area contributed by atoms with E-state index in [-0.39, 0.29) is 40.8 Å². The minimum atomic E-state index is -0.579. The fraction of sp³-hybridized carbons (Fsp3) is 0.680. The van der Waals surface area contributed by atoms with Crippen molar-refractivity contribution >= 4 is 28.7 Å². The first kappa shape index (κ1) is 24.5. The summed E-state index contributed by atoms with van der Waals surface area (Å²) in [5.74, 6) is 1.79. The summed E-state index contributed by atoms with van der Waals surface area (Å²) >= 11 is 1.86. The molecule has 2 aromatic heterocycles. The number of aromatic nitrogens is 3. The normalized spacial score (nSPS) is 26.0. The largest absolute Gasteiger partial charge is 0.353 e. The van der Waals surface area contributed by atoms with Crippen LogP contribution in [0.1, 0.15) is 69.9 Å². The highest BCUT2D eigenvalue weighted by Gasteiger charge is 2.30. The van der Waals surface area contributed by atoms with Gasteiger partial charge in [-0.1, -0.05) is 0 Å². The molecule has 0 aromatic carbocycles. The summed E-state index contributed by atoms with van der Waals surface area (Å²) in [7, 11) is 0. The monoisotopic (exact) mass is 503 g/mol. The highest BCUT2D eigenvalue weighted by molar-refractivity contribution is 7.99. The van der Waals surface area contributed by atoms with Gasteiger partial charge in [0, 0.05) is 24.5 Å². The Hall–Kier alpha value is -2.20. The highest BCUT2D eigenvalue weighted by atomic mass is 32.2. The zero-order chi connectivity index (χ0) is 24.4. The van der Waals surface area contributed by atoms with Crippen molar-refractivity contribution in [2.24, 2.45) is 5.92 Å². The van der Waals surface area contributed by atoms with Crippen molar-refractivity contribution in [3.8, 4) is 0 Å². The Bertz CT molecular complexity index is 1180. The summed E-state index contributed by atoms with van der Waals surface area (Å²) in [6.07, 6.45) is 8.14. The van der Waals surface area contributed by atoms with Crippen LogP contribution in [-0.4, -0.2) is 50.7 Å². The molecule has 10 heteroatoms. The van der Waals surface area contributed by atoms with Crippen molar-refractivity contribution in [1.29, 1.82) is 0 Å². The second-order valence-electron chi connectivity index (χ2n) is 10.2. The van der Waals surface area contributed by atoms with Crippen LogP contribution in [0.15, 0.2) is 21.9 Å². The number of hydrogen-bond acceptors (Lipinski definition) is 6. The summed E-state index contributed by atoms with van der Waals surface area (Å²) in [6.45, 7) is 1.92. The van der Waals surface area contributed by atoms with Gasteiger partial charge in [-0.2, -0.15) is 11.8 Å². The summed E-state index contributed by atoms with van der Waals surface area (Å²) in [6, 6.07) is 0.965. The lowest BCUT2D eigenvalue weighted by atomic mass is 9.90. The number of thioether (sulfide) groups is 1. The van der Waals surface area contributed by atoms with Crippen molar-refractivity contribution in [2.75, 3.05) is 24.6 Å². The van der Waals surface area contributed by atoms with E-state index in [0.29, 0.717) is 38.0 Å². The summed E-state index contributed by atoms with van der Waals surface area (Å²) in [5, 5.41) is 6.68. The Balaban J connectivity index is 1.35. The highest BCUT2D eigenvalue weighted by Crippen LogP contribution is 2.30. The number of carbonyl (C=O) groups is 1. The molecule has 5 rings (SSSR count). The summed E-state index contributed by atoms with van der Waals surface area (Å²) in [5.41, 5.74) is -0.515. The molecule has 0 bridgehead atoms. The number of hydrogen-bond donors (Lipinski definition) is 2. The third-order valence-corrected chi connectivity index (χ3v) is 8.83. The molecule has 1 unspecified atom stereocenters. The molecule has 1 aliphatic carbocycles. The van der Waals surface area contributed by atoms with E-state index in [1.807, 2.05) is 11.8 Å². The third-order valence-electron chi connectivity index (χ3n) is 7.78. The number of nitrogens with zero attached hydrogens (tertiary/aromatic N) is 3. The van der Waals surface area contributed by atoms with Crippen molar-refractivity contribution in [1.82, 2.24) is 24.8 Å². The number of piperidine rings is 1. The number of carbonyl (C=O) groups excluding carboxylic acids is 1. The maximum atomic E-state index is 14.1. The summed E-state index contributed by atoms with van der Waals surface area (Å²) in [4.78, 5) is 43.8. The number of amides is 1. The number of nitrogens with one attached hydrogen (secondary N) is 2. The Morgan fingerprint density at radius 2 is 1.83 bits per heavy atom. The maximum Gasteiger partial charge on any atom is 0.333 e. The molecule has 1 amide bonds. The fourth-order valence-corrected chi connectivity index (χ4v) is 7.01. The standard InChI is InChI=1S/C25H34FN5O3S/c26-17-13-21-23(28-15-17)30(20-7-10-35-11-8-20)25(34)31(24(21)33)19-5-3-18(4-6-19)29-22(32)12-16-2-1-9-27-14-16/h13,15-16,18-20,27H,1-12,14H2,(H,29,32). The van der Waals surface area contributed by atoms with Crippen molar-refractivity contribution < 1.29 is 9.18 Å². The van der Waals surface area contributed by atoms with Gasteiger partial charge in [0.05, 0.1) is 11.6 Å². The van der Waals surface area contributed by atoms with E-state index in [4.69, 9.17) is 0 Å². The lowest BCUT2D eigenvalue weighted by molar-refractivity contribution is -0.123. The van der Waals surface area contributed by atoms with Crippen LogP contribution in [-0.2, 0) is 4.79 Å². The van der Waals surface area contributed by atoms with Gasteiger partial charge in [-0.05, 0) is 87.9 Å². The molecule has 35 heavy (non-hydrogen) atoms. The molecule has 2 saturated heterocycles. The average Bonchev–Trinajstić information content (AvgIpc) is 2.87. The molecule has 1 saturated carbocycles. The van der Waals surface area contributed by atoms with E-state index < -0.39 is 11.4 Å². The molecule has 3 aliphatic rings. The van der Waals surface area contributed by atoms with Gasteiger partial charge in [0.1, 0.15) is 11.5 Å². The fourth-order valence-electron chi connectivity index (χ4n) is 5.92. The molecule has 2 N–H and O–H groups in total. The van der Waals surface area contributed by atoms with Crippen LogP contribution in [0.2, 0.25) is 0 Å². The molecular weight excluding hydrogens is 469 g/mol. The minimum Gasteiger partial charge on any atom is -0.353 e. The van der Waals surface area contributed by atoms with Gasteiger partial charge in [-0.15, -0.1) is 0 Å². The molecule has 0 spiro atoms. The molecule has 190 valence electrons. The van der Waals surface area contributed by atoms with E-state index in [1.165, 1.54) is 10.6 Å². The van der Waals surface area contributed by atoms with Crippen molar-refractivity contribution in [3.63, 3.8) is 0 Å². The van der Waals surface area contributed by atoms with Gasteiger partial charge < -0.3 is 10.6 Å². The number of pyridine rings is 1. The van der Waals surface area contributed by atoms with Gasteiger partial charge in [0.15, 0.2) is 0 Å². The zero-order valence-corrected chi connectivity index (χ0v) is 20.8. The topological polar surface area (TPSA) is 98.0 Å². The Kier molecular flexibility index (Phi) is 7.57. The van der Waals surface area contributed by atoms with Crippen LogP contribution >= 0.6 is 11.8 Å². The molecule has 0 radical (unpaired) electrons. The predicted octanol–water partition coefficient (Wildman–Crippen LogP) is 2.75. The van der Waals surface area contributed by atoms with Crippen LogP contribution in [0, 0.1) is 11.7 Å². The minimum absolute atomic E-state index is 0.0408. The van der Waals surface area contributed by atoms with Gasteiger partial charge in [-0.3, -0.25) is 18.7 Å². The second kappa shape index (κ2) is 10.8. The first-order valence-corrected chi connectivity index (χ1v) is 14.1. The molecule has 8 nitrogen and oxygen atoms in total. The average molecular weight is 504 g/mol. The van der Waals surface area contributed by atoms with Gasteiger partial charge in [-0.25, -0.2) is 14.2 Å². The van der Waals surface area contributed by atoms with Crippen LogP contribution in [0.4, 0.5) is 4.39 Å². The molecule has 2 aliphatic heterocycles. The quantitative estimate of drug-likeness (QED) is 0.651. The maximum absolute atomic E-state index is 14.1. The Labute approximate surface area is 208 Å². The lowest BCUT2D eigenvalue weighted by Gasteiger charge is -2.32. The third kappa shape index (κ3) is 5.33. The second-order valence-corrected chi connectivity index (χ2v) is 11.4. The molecule has 4 heterocycles. The summed E-state index contributed by atoms with van der Waals surface area (Å²) < 4.78 is 17.0. The van der Waals surface area contributed by atoms with Crippen LogP contribution in [0.5, 0.6) is 0 Å². The van der Waals surface area contributed by atoms with Crippen LogP contribution in [0.25, 0.3) is 11.0 Å². The first-order chi connectivity index (χ1) is 17.0. The van der Waals surface area contributed by atoms with Crippen LogP contribution in [0.3, 0.4) is 0 Å². The van der Waals surface area contributed by atoms with E-state index in [1.54, 1.807) is 4.57 Å². The van der Waals surface area contributed by atoms with Crippen molar-refractivity contribution in [2.45, 2.75) is 75.9 Å². The lowest BCUT2D eigenvalue weighted by Crippen LogP contribution is -2.46. The Morgan fingerprint density at radius 3 is 2.54 bits per heavy atom. The molecule has 2 aromatic rings. The predicted molar refractivity (Wildman–Crippen MR) is 135 cm³/mol. The van der Waals surface area contributed by atoms with Gasteiger partial charge in [0.2, 0.25) is 5.91 Å². The number of fused-ring (bicyclic) bond motifs is 1. The first-order valence-electron chi connectivity index (χ1n) is 12.9. The Morgan fingerprint density at radius 1 is 1.09 bits per heavy atom. The van der Waals surface area contributed by atoms with Crippen molar-refractivity contribution in [3.05, 3.63) is 38.9 Å². The number of rotatable bonds is 5. The zero-order valence-electron chi connectivity index (χ0n) is 20.0.